The topological polar surface area (TPSA) is 72.0 Å². The van der Waals surface area contributed by atoms with Crippen molar-refractivity contribution in [2.75, 3.05) is 32.7 Å². The zero-order valence-corrected chi connectivity index (χ0v) is 22.6. The van der Waals surface area contributed by atoms with Crippen molar-refractivity contribution in [1.82, 2.24) is 14.7 Å². The van der Waals surface area contributed by atoms with E-state index in [4.69, 9.17) is 11.1 Å². The van der Waals surface area contributed by atoms with Crippen molar-refractivity contribution in [3.8, 4) is 0 Å². The minimum Gasteiger partial charge on any atom is -0.370 e. The van der Waals surface area contributed by atoms with E-state index in [2.05, 4.69) is 64.7 Å². The maximum Gasteiger partial charge on any atom is 0.194 e. The first-order valence-corrected chi connectivity index (χ1v) is 14.3. The van der Waals surface area contributed by atoms with Crippen LogP contribution in [0.5, 0.6) is 0 Å². The van der Waals surface area contributed by atoms with Gasteiger partial charge in [-0.3, -0.25) is 10.4 Å². The van der Waals surface area contributed by atoms with Gasteiger partial charge in [-0.1, -0.05) is 75.8 Å². The summed E-state index contributed by atoms with van der Waals surface area (Å²) in [5.41, 5.74) is 8.89. The third-order valence-electron chi connectivity index (χ3n) is 7.71. The Labute approximate surface area is 214 Å². The molecular weight excluding hydrogens is 432 g/mol. The van der Waals surface area contributed by atoms with Gasteiger partial charge in [0, 0.05) is 32.2 Å². The predicted octanol–water partition coefficient (Wildman–Crippen LogP) is 5.40. The molecule has 1 aromatic carbocycles. The molecule has 35 heavy (non-hydrogen) atoms. The zero-order chi connectivity index (χ0) is 25.0. The standard InChI is InChI=1S/C29H50N6/c1-4-6-7-8-10-19-34-26(22-32-28(34)30)16-9-11-18-33-23-27(13-5-2)35(29(33)31)20-17-25-15-12-14-24(3)21-25/h12,14-15,21,26-27,31H,4-11,13,16-20,22-23H2,1-3H3,(H2,30,32)/t26-,27+/m0/s1. The fraction of sp³-hybridized carbons (Fsp3) is 0.724. The van der Waals surface area contributed by atoms with Gasteiger partial charge in [0.05, 0.1) is 12.6 Å². The van der Waals surface area contributed by atoms with E-state index in [1.165, 1.54) is 62.5 Å². The number of nitrogens with zero attached hydrogens (tertiary/aromatic N) is 4. The van der Waals surface area contributed by atoms with Crippen molar-refractivity contribution in [2.45, 2.75) is 103 Å². The quantitative estimate of drug-likeness (QED) is 0.310. The molecule has 0 amide bonds. The Balaban J connectivity index is 1.41. The minimum atomic E-state index is 0.470. The van der Waals surface area contributed by atoms with E-state index in [0.29, 0.717) is 12.1 Å². The molecule has 2 heterocycles. The van der Waals surface area contributed by atoms with E-state index in [0.717, 1.165) is 63.9 Å². The summed E-state index contributed by atoms with van der Waals surface area (Å²) in [4.78, 5) is 11.6. The number of aliphatic imine (C=N–C) groups is 1. The summed E-state index contributed by atoms with van der Waals surface area (Å²) >= 11 is 0. The van der Waals surface area contributed by atoms with Crippen LogP contribution in [0.15, 0.2) is 29.3 Å². The van der Waals surface area contributed by atoms with Gasteiger partial charge in [-0.05, 0) is 51.0 Å². The number of hydrogen-bond acceptors (Lipinski definition) is 4. The number of aryl methyl sites for hydroxylation is 1. The Kier molecular flexibility index (Phi) is 11.2. The van der Waals surface area contributed by atoms with E-state index >= 15 is 0 Å². The van der Waals surface area contributed by atoms with Crippen LogP contribution in [0.3, 0.4) is 0 Å². The van der Waals surface area contributed by atoms with Crippen LogP contribution < -0.4 is 5.73 Å². The average molecular weight is 483 g/mol. The molecule has 3 rings (SSSR count). The molecular formula is C29H50N6. The molecule has 2 aliphatic heterocycles. The molecule has 1 aromatic rings. The average Bonchev–Trinajstić information content (AvgIpc) is 3.34. The molecule has 1 fully saturated rings. The van der Waals surface area contributed by atoms with E-state index in [1.807, 2.05) is 0 Å². The second-order valence-electron chi connectivity index (χ2n) is 10.6. The van der Waals surface area contributed by atoms with Gasteiger partial charge in [0.15, 0.2) is 11.9 Å². The van der Waals surface area contributed by atoms with Gasteiger partial charge in [0.1, 0.15) is 0 Å². The smallest absolute Gasteiger partial charge is 0.194 e. The van der Waals surface area contributed by atoms with Crippen molar-refractivity contribution in [2.24, 2.45) is 10.7 Å². The maximum atomic E-state index is 8.87. The van der Waals surface area contributed by atoms with Crippen LogP contribution in [-0.4, -0.2) is 71.4 Å². The van der Waals surface area contributed by atoms with Crippen LogP contribution in [-0.2, 0) is 6.42 Å². The van der Waals surface area contributed by atoms with Gasteiger partial charge in [0.25, 0.3) is 0 Å². The van der Waals surface area contributed by atoms with Gasteiger partial charge in [-0.15, -0.1) is 0 Å². The summed E-state index contributed by atoms with van der Waals surface area (Å²) in [7, 11) is 0. The lowest BCUT2D eigenvalue weighted by atomic mass is 10.1. The fourth-order valence-electron chi connectivity index (χ4n) is 5.67. The molecule has 0 aliphatic carbocycles. The SMILES string of the molecule is CCCCCCCN1C(N)=NC[C@@H]1CCCCN1C[C@@H](CCC)N(CCc2cccc(C)c2)C1=N. The number of nitrogens with two attached hydrogens (primary N) is 1. The lowest BCUT2D eigenvalue weighted by Crippen LogP contribution is -2.41. The predicted molar refractivity (Wildman–Crippen MR) is 149 cm³/mol. The monoisotopic (exact) mass is 482 g/mol. The van der Waals surface area contributed by atoms with Crippen LogP contribution in [0.2, 0.25) is 0 Å². The molecule has 0 aromatic heterocycles. The Morgan fingerprint density at radius 3 is 2.49 bits per heavy atom. The first-order chi connectivity index (χ1) is 17.0. The molecule has 3 N–H and O–H groups in total. The normalized spacial score (nSPS) is 20.3. The molecule has 2 aliphatic rings. The zero-order valence-electron chi connectivity index (χ0n) is 22.6. The van der Waals surface area contributed by atoms with E-state index in [-0.39, 0.29) is 0 Å². The first kappa shape index (κ1) is 27.3. The largest absolute Gasteiger partial charge is 0.370 e. The molecule has 0 unspecified atom stereocenters. The summed E-state index contributed by atoms with van der Waals surface area (Å²) < 4.78 is 0. The van der Waals surface area contributed by atoms with Gasteiger partial charge in [0.2, 0.25) is 0 Å². The molecule has 196 valence electrons. The minimum absolute atomic E-state index is 0.470. The first-order valence-electron chi connectivity index (χ1n) is 14.3. The van der Waals surface area contributed by atoms with Gasteiger partial charge in [-0.25, -0.2) is 0 Å². The molecule has 0 saturated carbocycles. The third kappa shape index (κ3) is 8.15. The van der Waals surface area contributed by atoms with Crippen molar-refractivity contribution in [1.29, 1.82) is 5.41 Å². The van der Waals surface area contributed by atoms with E-state index < -0.39 is 0 Å². The highest BCUT2D eigenvalue weighted by Gasteiger charge is 2.33. The molecule has 2 atom stereocenters. The van der Waals surface area contributed by atoms with E-state index in [9.17, 15) is 0 Å². The lowest BCUT2D eigenvalue weighted by Gasteiger charge is -2.27. The Morgan fingerprint density at radius 2 is 1.71 bits per heavy atom. The molecule has 0 bridgehead atoms. The van der Waals surface area contributed by atoms with Gasteiger partial charge in [-0.2, -0.15) is 0 Å². The number of hydrogen-bond donors (Lipinski definition) is 2. The Hall–Kier alpha value is -2.24. The van der Waals surface area contributed by atoms with Crippen molar-refractivity contribution in [3.63, 3.8) is 0 Å². The lowest BCUT2D eigenvalue weighted by molar-refractivity contribution is 0.302. The summed E-state index contributed by atoms with van der Waals surface area (Å²) in [5, 5.41) is 8.87. The van der Waals surface area contributed by atoms with E-state index in [1.54, 1.807) is 0 Å². The van der Waals surface area contributed by atoms with Crippen molar-refractivity contribution >= 4 is 11.9 Å². The molecule has 0 radical (unpaired) electrons. The summed E-state index contributed by atoms with van der Waals surface area (Å²) in [6, 6.07) is 9.74. The van der Waals surface area contributed by atoms with Crippen LogP contribution in [0.4, 0.5) is 0 Å². The van der Waals surface area contributed by atoms with Gasteiger partial charge >= 0.3 is 0 Å². The highest BCUT2D eigenvalue weighted by Crippen LogP contribution is 2.22. The molecule has 0 spiro atoms. The Morgan fingerprint density at radius 1 is 0.914 bits per heavy atom. The second-order valence-corrected chi connectivity index (χ2v) is 10.6. The van der Waals surface area contributed by atoms with Crippen molar-refractivity contribution < 1.29 is 0 Å². The number of guanidine groups is 2. The summed E-state index contributed by atoms with van der Waals surface area (Å²) in [6.45, 7) is 11.5. The fourth-order valence-corrected chi connectivity index (χ4v) is 5.67. The second kappa shape index (κ2) is 14.4. The Bertz CT molecular complexity index is 806. The summed E-state index contributed by atoms with van der Waals surface area (Å²) in [5.74, 6) is 1.48. The highest BCUT2D eigenvalue weighted by atomic mass is 15.4. The number of benzene rings is 1. The van der Waals surface area contributed by atoms with Crippen LogP contribution in [0, 0.1) is 12.3 Å². The number of unbranched alkanes of at least 4 members (excludes halogenated alkanes) is 5. The molecule has 6 heteroatoms. The highest BCUT2D eigenvalue weighted by molar-refractivity contribution is 5.80. The number of nitrogens with one attached hydrogen (secondary N) is 1. The van der Waals surface area contributed by atoms with Crippen LogP contribution in [0.1, 0.15) is 89.2 Å². The summed E-state index contributed by atoms with van der Waals surface area (Å²) in [6.07, 6.45) is 13.3. The molecule has 6 nitrogen and oxygen atoms in total. The van der Waals surface area contributed by atoms with Gasteiger partial charge < -0.3 is 20.4 Å². The van der Waals surface area contributed by atoms with Crippen molar-refractivity contribution in [3.05, 3.63) is 35.4 Å². The van der Waals surface area contributed by atoms with Crippen LogP contribution in [0.25, 0.3) is 0 Å². The molecule has 1 saturated heterocycles. The third-order valence-corrected chi connectivity index (χ3v) is 7.71. The maximum absolute atomic E-state index is 8.87. The number of rotatable bonds is 16. The van der Waals surface area contributed by atoms with Crippen LogP contribution >= 0.6 is 0 Å².